The third-order valence-electron chi connectivity index (χ3n) is 3.39. The smallest absolute Gasteiger partial charge is 0.180 e. The monoisotopic (exact) mass is 303 g/mol. The summed E-state index contributed by atoms with van der Waals surface area (Å²) in [6, 6.07) is 9.88. The molecule has 1 aromatic heterocycles. The third-order valence-corrected chi connectivity index (χ3v) is 4.33. The predicted molar refractivity (Wildman–Crippen MR) is 87.6 cm³/mol. The van der Waals surface area contributed by atoms with Gasteiger partial charge in [-0.1, -0.05) is 12.1 Å². The molecular weight excluding hydrogens is 282 g/mol. The number of rotatable bonds is 7. The van der Waals surface area contributed by atoms with Crippen molar-refractivity contribution in [1.82, 2.24) is 4.90 Å². The van der Waals surface area contributed by atoms with Gasteiger partial charge in [-0.2, -0.15) is 0 Å². The van der Waals surface area contributed by atoms with Crippen LogP contribution >= 0.6 is 11.3 Å². The first-order chi connectivity index (χ1) is 10.1. The van der Waals surface area contributed by atoms with E-state index in [-0.39, 0.29) is 5.78 Å². The van der Waals surface area contributed by atoms with E-state index >= 15 is 0 Å². The van der Waals surface area contributed by atoms with Gasteiger partial charge in [0.1, 0.15) is 5.75 Å². The number of ketones is 1. The summed E-state index contributed by atoms with van der Waals surface area (Å²) in [5.41, 5.74) is 1.75. The summed E-state index contributed by atoms with van der Waals surface area (Å²) < 4.78 is 5.31. The number of carbonyl (C=O) groups is 1. The van der Waals surface area contributed by atoms with E-state index in [9.17, 15) is 4.79 Å². The Labute approximate surface area is 130 Å². The number of hydrogen-bond acceptors (Lipinski definition) is 4. The van der Waals surface area contributed by atoms with Crippen LogP contribution in [0.25, 0.3) is 0 Å². The van der Waals surface area contributed by atoms with Crippen molar-refractivity contribution >= 4 is 17.1 Å². The number of carbonyl (C=O) groups excluding carboxylic acids is 1. The van der Waals surface area contributed by atoms with Crippen molar-refractivity contribution in [3.05, 3.63) is 51.7 Å². The van der Waals surface area contributed by atoms with Crippen molar-refractivity contribution in [1.29, 1.82) is 0 Å². The molecule has 0 fully saturated rings. The maximum atomic E-state index is 12.4. The predicted octanol–water partition coefficient (Wildman–Crippen LogP) is 3.42. The number of hydrogen-bond donors (Lipinski definition) is 0. The quantitative estimate of drug-likeness (QED) is 0.734. The molecule has 0 spiro atoms. The standard InChI is InChI=1S/C17H21NO2S/c1-13-6-7-15(17(11-13)20-3)16(19)12-18(2)9-8-14-5-4-10-21-14/h4-7,10-11H,8-9,12H2,1-3H3. The van der Waals surface area contributed by atoms with Crippen molar-refractivity contribution in [2.45, 2.75) is 13.3 Å². The van der Waals surface area contributed by atoms with Gasteiger partial charge in [0.2, 0.25) is 0 Å². The van der Waals surface area contributed by atoms with E-state index < -0.39 is 0 Å². The summed E-state index contributed by atoms with van der Waals surface area (Å²) in [5, 5.41) is 2.08. The lowest BCUT2D eigenvalue weighted by molar-refractivity contribution is 0.0944. The zero-order valence-corrected chi connectivity index (χ0v) is 13.6. The zero-order valence-electron chi connectivity index (χ0n) is 12.8. The van der Waals surface area contributed by atoms with Gasteiger partial charge in [-0.3, -0.25) is 9.69 Å². The SMILES string of the molecule is COc1cc(C)ccc1C(=O)CN(C)CCc1cccs1. The molecule has 4 heteroatoms. The Kier molecular flexibility index (Phi) is 5.53. The molecule has 21 heavy (non-hydrogen) atoms. The molecule has 0 radical (unpaired) electrons. The molecule has 0 unspecified atom stereocenters. The van der Waals surface area contributed by atoms with Gasteiger partial charge in [0.25, 0.3) is 0 Å². The molecular formula is C17H21NO2S. The Hall–Kier alpha value is -1.65. The highest BCUT2D eigenvalue weighted by atomic mass is 32.1. The van der Waals surface area contributed by atoms with Crippen molar-refractivity contribution in [2.75, 3.05) is 27.2 Å². The summed E-state index contributed by atoms with van der Waals surface area (Å²) in [4.78, 5) is 15.8. The van der Waals surface area contributed by atoms with Crippen LogP contribution in [0.1, 0.15) is 20.8 Å². The molecule has 1 heterocycles. The number of Topliss-reactive ketones (excluding diaryl/α,β-unsaturated/α-hetero) is 1. The van der Waals surface area contributed by atoms with Crippen molar-refractivity contribution < 1.29 is 9.53 Å². The first-order valence-corrected chi connectivity index (χ1v) is 7.87. The minimum Gasteiger partial charge on any atom is -0.496 e. The molecule has 0 saturated carbocycles. The highest BCUT2D eigenvalue weighted by Crippen LogP contribution is 2.20. The fourth-order valence-corrected chi connectivity index (χ4v) is 2.89. The van der Waals surface area contributed by atoms with Gasteiger partial charge in [-0.05, 0) is 49.5 Å². The summed E-state index contributed by atoms with van der Waals surface area (Å²) >= 11 is 1.76. The third kappa shape index (κ3) is 4.41. The van der Waals surface area contributed by atoms with E-state index in [4.69, 9.17) is 4.74 Å². The lowest BCUT2D eigenvalue weighted by atomic mass is 10.1. The molecule has 0 bridgehead atoms. The second kappa shape index (κ2) is 7.38. The van der Waals surface area contributed by atoms with Gasteiger partial charge in [0.05, 0.1) is 19.2 Å². The molecule has 1 aromatic carbocycles. The summed E-state index contributed by atoms with van der Waals surface area (Å²) in [6.45, 7) is 3.27. The Balaban J connectivity index is 1.94. The van der Waals surface area contributed by atoms with E-state index in [1.807, 2.05) is 32.2 Å². The second-order valence-electron chi connectivity index (χ2n) is 5.19. The minimum absolute atomic E-state index is 0.0977. The Morgan fingerprint density at radius 2 is 2.14 bits per heavy atom. The van der Waals surface area contributed by atoms with Gasteiger partial charge >= 0.3 is 0 Å². The van der Waals surface area contributed by atoms with Crippen LogP contribution in [0.5, 0.6) is 5.75 Å². The summed E-state index contributed by atoms with van der Waals surface area (Å²) in [7, 11) is 3.58. The lowest BCUT2D eigenvalue weighted by Gasteiger charge is -2.16. The molecule has 0 aliphatic rings. The van der Waals surface area contributed by atoms with Crippen LogP contribution in [0.15, 0.2) is 35.7 Å². The van der Waals surface area contributed by atoms with Gasteiger partial charge < -0.3 is 4.74 Å². The molecule has 0 aliphatic heterocycles. The van der Waals surface area contributed by atoms with E-state index in [2.05, 4.69) is 22.4 Å². The Bertz CT molecular complexity index is 593. The molecule has 3 nitrogen and oxygen atoms in total. The highest BCUT2D eigenvalue weighted by Gasteiger charge is 2.14. The molecule has 2 aromatic rings. The number of aryl methyl sites for hydroxylation is 1. The van der Waals surface area contributed by atoms with Gasteiger partial charge in [-0.25, -0.2) is 0 Å². The fraction of sp³-hybridized carbons (Fsp3) is 0.353. The molecule has 0 saturated heterocycles. The summed E-state index contributed by atoms with van der Waals surface area (Å²) in [5.74, 6) is 0.757. The number of nitrogens with zero attached hydrogens (tertiary/aromatic N) is 1. The van der Waals surface area contributed by atoms with Crippen LogP contribution in [0.2, 0.25) is 0 Å². The normalized spacial score (nSPS) is 10.9. The molecule has 2 rings (SSSR count). The maximum Gasteiger partial charge on any atom is 0.180 e. The van der Waals surface area contributed by atoms with Gasteiger partial charge in [0, 0.05) is 11.4 Å². The van der Waals surface area contributed by atoms with Crippen LogP contribution in [0.3, 0.4) is 0 Å². The zero-order chi connectivity index (χ0) is 15.2. The van der Waals surface area contributed by atoms with E-state index in [0.29, 0.717) is 17.9 Å². The van der Waals surface area contributed by atoms with E-state index in [0.717, 1.165) is 18.5 Å². The number of ether oxygens (including phenoxy) is 1. The highest BCUT2D eigenvalue weighted by molar-refractivity contribution is 7.09. The van der Waals surface area contributed by atoms with Crippen molar-refractivity contribution in [2.24, 2.45) is 0 Å². The number of benzene rings is 1. The Morgan fingerprint density at radius 3 is 2.81 bits per heavy atom. The van der Waals surface area contributed by atoms with Gasteiger partial charge in [-0.15, -0.1) is 11.3 Å². The second-order valence-corrected chi connectivity index (χ2v) is 6.23. The topological polar surface area (TPSA) is 29.5 Å². The number of methoxy groups -OCH3 is 1. The molecule has 0 N–H and O–H groups in total. The van der Waals surface area contributed by atoms with Crippen LogP contribution in [-0.4, -0.2) is 37.9 Å². The lowest BCUT2D eigenvalue weighted by Crippen LogP contribution is -2.28. The molecule has 0 amide bonds. The molecule has 112 valence electrons. The maximum absolute atomic E-state index is 12.4. The van der Waals surface area contributed by atoms with Crippen LogP contribution < -0.4 is 4.74 Å². The average Bonchev–Trinajstić information content (AvgIpc) is 2.98. The minimum atomic E-state index is 0.0977. The van der Waals surface area contributed by atoms with Crippen LogP contribution in [0, 0.1) is 6.92 Å². The summed E-state index contributed by atoms with van der Waals surface area (Å²) in [6.07, 6.45) is 0.979. The largest absolute Gasteiger partial charge is 0.496 e. The number of likely N-dealkylation sites (N-methyl/N-ethyl adjacent to an activating group) is 1. The average molecular weight is 303 g/mol. The van der Waals surface area contributed by atoms with E-state index in [1.165, 1.54) is 4.88 Å². The van der Waals surface area contributed by atoms with Gasteiger partial charge in [0.15, 0.2) is 5.78 Å². The van der Waals surface area contributed by atoms with Crippen LogP contribution in [-0.2, 0) is 6.42 Å². The molecule has 0 atom stereocenters. The first kappa shape index (κ1) is 15.7. The van der Waals surface area contributed by atoms with Crippen molar-refractivity contribution in [3.63, 3.8) is 0 Å². The molecule has 0 aliphatic carbocycles. The van der Waals surface area contributed by atoms with Crippen molar-refractivity contribution in [3.8, 4) is 5.75 Å². The first-order valence-electron chi connectivity index (χ1n) is 6.99. The van der Waals surface area contributed by atoms with E-state index in [1.54, 1.807) is 18.4 Å². The Morgan fingerprint density at radius 1 is 1.33 bits per heavy atom. The van der Waals surface area contributed by atoms with Crippen LogP contribution in [0.4, 0.5) is 0 Å². The number of thiophene rings is 1. The fourth-order valence-electron chi connectivity index (χ4n) is 2.19.